The molecule has 0 aliphatic heterocycles. The maximum Gasteiger partial charge on any atom is 0.236 e. The molecule has 0 saturated carbocycles. The molecule has 0 radical (unpaired) electrons. The van der Waals surface area contributed by atoms with Crippen LogP contribution in [0.2, 0.25) is 5.02 Å². The van der Waals surface area contributed by atoms with Crippen molar-refractivity contribution in [1.29, 1.82) is 0 Å². The fourth-order valence-electron chi connectivity index (χ4n) is 1.15. The van der Waals surface area contributed by atoms with E-state index in [1.165, 1.54) is 0 Å². The fraction of sp³-hybridized carbons (Fsp3) is 0.300. The number of amides is 1. The molecule has 82 valence electrons. The van der Waals surface area contributed by atoms with Crippen molar-refractivity contribution in [2.75, 3.05) is 11.9 Å². The highest BCUT2D eigenvalue weighted by molar-refractivity contribution is 6.30. The Kier molecular flexibility index (Phi) is 3.94. The van der Waals surface area contributed by atoms with Crippen LogP contribution in [0.15, 0.2) is 18.2 Å². The summed E-state index contributed by atoms with van der Waals surface area (Å²) in [6, 6.07) is 4.76. The number of nitrogens with two attached hydrogens (primary N) is 2. The van der Waals surface area contributed by atoms with Crippen LogP contribution in [0.1, 0.15) is 5.56 Å². The SMILES string of the molecule is Cc1cc(Cl)ccc1NCC(N)C(N)=O. The van der Waals surface area contributed by atoms with Gasteiger partial charge in [0.15, 0.2) is 0 Å². The lowest BCUT2D eigenvalue weighted by molar-refractivity contribution is -0.118. The van der Waals surface area contributed by atoms with Gasteiger partial charge in [0, 0.05) is 17.3 Å². The molecule has 1 aromatic carbocycles. The average molecular weight is 228 g/mol. The van der Waals surface area contributed by atoms with Gasteiger partial charge in [0.05, 0.1) is 0 Å². The Bertz CT molecular complexity index is 368. The van der Waals surface area contributed by atoms with Crippen LogP contribution < -0.4 is 16.8 Å². The smallest absolute Gasteiger partial charge is 0.236 e. The van der Waals surface area contributed by atoms with Crippen molar-refractivity contribution in [3.63, 3.8) is 0 Å². The zero-order chi connectivity index (χ0) is 11.4. The van der Waals surface area contributed by atoms with E-state index in [1.807, 2.05) is 19.1 Å². The van der Waals surface area contributed by atoms with Crippen molar-refractivity contribution in [2.45, 2.75) is 13.0 Å². The Morgan fingerprint density at radius 3 is 2.80 bits per heavy atom. The number of anilines is 1. The second-order valence-electron chi connectivity index (χ2n) is 3.35. The molecule has 1 unspecified atom stereocenters. The molecule has 0 heterocycles. The summed E-state index contributed by atoms with van der Waals surface area (Å²) in [5, 5.41) is 3.71. The predicted octanol–water partition coefficient (Wildman–Crippen LogP) is 0.873. The largest absolute Gasteiger partial charge is 0.383 e. The number of primary amides is 1. The van der Waals surface area contributed by atoms with Crippen molar-refractivity contribution in [3.05, 3.63) is 28.8 Å². The van der Waals surface area contributed by atoms with E-state index in [1.54, 1.807) is 6.07 Å². The van der Waals surface area contributed by atoms with Crippen molar-refractivity contribution >= 4 is 23.2 Å². The zero-order valence-electron chi connectivity index (χ0n) is 8.46. The van der Waals surface area contributed by atoms with Gasteiger partial charge in [-0.25, -0.2) is 0 Å². The zero-order valence-corrected chi connectivity index (χ0v) is 9.21. The minimum atomic E-state index is -0.680. The molecule has 0 saturated heterocycles. The Morgan fingerprint density at radius 1 is 1.60 bits per heavy atom. The molecule has 15 heavy (non-hydrogen) atoms. The lowest BCUT2D eigenvalue weighted by Crippen LogP contribution is -2.41. The fourth-order valence-corrected chi connectivity index (χ4v) is 1.37. The minimum absolute atomic E-state index is 0.317. The normalized spacial score (nSPS) is 12.2. The lowest BCUT2D eigenvalue weighted by atomic mass is 10.2. The molecule has 4 nitrogen and oxygen atoms in total. The molecule has 0 aromatic heterocycles. The van der Waals surface area contributed by atoms with Gasteiger partial charge < -0.3 is 16.8 Å². The van der Waals surface area contributed by atoms with Crippen LogP contribution >= 0.6 is 11.6 Å². The summed E-state index contributed by atoms with van der Waals surface area (Å²) in [6.07, 6.45) is 0. The van der Waals surface area contributed by atoms with Crippen molar-refractivity contribution in [2.24, 2.45) is 11.5 Å². The number of carbonyl (C=O) groups is 1. The number of hydrogen-bond acceptors (Lipinski definition) is 3. The molecule has 1 amide bonds. The standard InChI is InChI=1S/C10H14ClN3O/c1-6-4-7(11)2-3-9(6)14-5-8(12)10(13)15/h2-4,8,14H,5,12H2,1H3,(H2,13,15). The third-order valence-corrected chi connectivity index (χ3v) is 2.30. The minimum Gasteiger partial charge on any atom is -0.383 e. The quantitative estimate of drug-likeness (QED) is 0.714. The highest BCUT2D eigenvalue weighted by Gasteiger charge is 2.08. The molecule has 1 aromatic rings. The van der Waals surface area contributed by atoms with Crippen molar-refractivity contribution in [1.82, 2.24) is 0 Å². The first-order valence-electron chi connectivity index (χ1n) is 4.55. The van der Waals surface area contributed by atoms with Crippen LogP contribution in [0.5, 0.6) is 0 Å². The summed E-state index contributed by atoms with van der Waals surface area (Å²) in [6.45, 7) is 2.24. The molecular formula is C10H14ClN3O. The molecular weight excluding hydrogens is 214 g/mol. The van der Waals surface area contributed by atoms with E-state index in [-0.39, 0.29) is 0 Å². The first-order chi connectivity index (χ1) is 7.00. The second kappa shape index (κ2) is 5.00. The summed E-state index contributed by atoms with van der Waals surface area (Å²) in [4.78, 5) is 10.7. The van der Waals surface area contributed by atoms with E-state index >= 15 is 0 Å². The van der Waals surface area contributed by atoms with Gasteiger partial charge in [0.2, 0.25) is 5.91 Å². The van der Waals surface area contributed by atoms with Crippen LogP contribution in [-0.4, -0.2) is 18.5 Å². The Balaban J connectivity index is 2.62. The maximum absolute atomic E-state index is 10.7. The van der Waals surface area contributed by atoms with Crippen LogP contribution in [-0.2, 0) is 4.79 Å². The van der Waals surface area contributed by atoms with Crippen molar-refractivity contribution in [3.8, 4) is 0 Å². The Labute approximate surface area is 93.6 Å². The molecule has 0 bridgehead atoms. The van der Waals surface area contributed by atoms with E-state index in [0.29, 0.717) is 11.6 Å². The van der Waals surface area contributed by atoms with Gasteiger partial charge >= 0.3 is 0 Å². The lowest BCUT2D eigenvalue weighted by Gasteiger charge is -2.12. The third kappa shape index (κ3) is 3.42. The molecule has 0 aliphatic carbocycles. The summed E-state index contributed by atoms with van der Waals surface area (Å²) in [5.41, 5.74) is 12.4. The monoisotopic (exact) mass is 227 g/mol. The van der Waals surface area contributed by atoms with E-state index in [2.05, 4.69) is 5.32 Å². The molecule has 1 atom stereocenters. The predicted molar refractivity (Wildman–Crippen MR) is 61.8 cm³/mol. The third-order valence-electron chi connectivity index (χ3n) is 2.07. The number of halogens is 1. The van der Waals surface area contributed by atoms with E-state index in [9.17, 15) is 4.79 Å². The van der Waals surface area contributed by atoms with Gasteiger partial charge in [-0.05, 0) is 30.7 Å². The Hall–Kier alpha value is -1.26. The highest BCUT2D eigenvalue weighted by Crippen LogP contribution is 2.19. The molecule has 5 heteroatoms. The average Bonchev–Trinajstić information content (AvgIpc) is 2.15. The highest BCUT2D eigenvalue weighted by atomic mass is 35.5. The maximum atomic E-state index is 10.7. The number of nitrogens with one attached hydrogen (secondary N) is 1. The van der Waals surface area contributed by atoms with E-state index < -0.39 is 11.9 Å². The number of benzene rings is 1. The summed E-state index contributed by atoms with van der Waals surface area (Å²) in [7, 11) is 0. The molecule has 0 spiro atoms. The van der Waals surface area contributed by atoms with E-state index in [0.717, 1.165) is 11.3 Å². The Morgan fingerprint density at radius 2 is 2.27 bits per heavy atom. The molecule has 5 N–H and O–H groups in total. The number of rotatable bonds is 4. The van der Waals surface area contributed by atoms with Crippen LogP contribution in [0.3, 0.4) is 0 Å². The summed E-state index contributed by atoms with van der Waals surface area (Å²) >= 11 is 5.80. The van der Waals surface area contributed by atoms with E-state index in [4.69, 9.17) is 23.1 Å². The van der Waals surface area contributed by atoms with Crippen LogP contribution in [0, 0.1) is 6.92 Å². The first kappa shape index (κ1) is 11.8. The second-order valence-corrected chi connectivity index (χ2v) is 3.79. The van der Waals surface area contributed by atoms with Crippen molar-refractivity contribution < 1.29 is 4.79 Å². The van der Waals surface area contributed by atoms with Gasteiger partial charge in [-0.2, -0.15) is 0 Å². The van der Waals surface area contributed by atoms with Gasteiger partial charge in [-0.1, -0.05) is 11.6 Å². The molecule has 1 rings (SSSR count). The number of carbonyl (C=O) groups excluding carboxylic acids is 1. The first-order valence-corrected chi connectivity index (χ1v) is 4.93. The van der Waals surface area contributed by atoms with Gasteiger partial charge in [-0.3, -0.25) is 4.79 Å². The topological polar surface area (TPSA) is 81.1 Å². The van der Waals surface area contributed by atoms with Gasteiger partial charge in [-0.15, -0.1) is 0 Å². The summed E-state index contributed by atoms with van der Waals surface area (Å²) in [5.74, 6) is -0.519. The van der Waals surface area contributed by atoms with Crippen LogP contribution in [0.4, 0.5) is 5.69 Å². The summed E-state index contributed by atoms with van der Waals surface area (Å²) < 4.78 is 0. The van der Waals surface area contributed by atoms with Gasteiger partial charge in [0.25, 0.3) is 0 Å². The molecule has 0 aliphatic rings. The van der Waals surface area contributed by atoms with Crippen LogP contribution in [0.25, 0.3) is 0 Å². The molecule has 0 fully saturated rings. The number of hydrogen-bond donors (Lipinski definition) is 3. The number of aryl methyl sites for hydroxylation is 1. The van der Waals surface area contributed by atoms with Gasteiger partial charge in [0.1, 0.15) is 6.04 Å².